The molecular formula is C16H17ClN4O2. The fourth-order valence-electron chi connectivity index (χ4n) is 2.25. The lowest BCUT2D eigenvalue weighted by molar-refractivity contribution is -0.117. The maximum atomic E-state index is 11.7. The average Bonchev–Trinajstić information content (AvgIpc) is 3.37. The predicted octanol–water partition coefficient (Wildman–Crippen LogP) is 2.94. The molecule has 1 aromatic carbocycles. The number of benzene rings is 1. The van der Waals surface area contributed by atoms with Crippen molar-refractivity contribution in [3.8, 4) is 0 Å². The van der Waals surface area contributed by atoms with Crippen LogP contribution in [0.1, 0.15) is 31.4 Å². The van der Waals surface area contributed by atoms with E-state index in [4.69, 9.17) is 11.6 Å². The number of nitrogens with zero attached hydrogens (tertiary/aromatic N) is 1. The first-order chi connectivity index (χ1) is 11.0. The third kappa shape index (κ3) is 3.71. The van der Waals surface area contributed by atoms with Crippen LogP contribution in [0.5, 0.6) is 0 Å². The molecule has 2 aromatic rings. The summed E-state index contributed by atoms with van der Waals surface area (Å²) in [6.45, 7) is 1.95. The summed E-state index contributed by atoms with van der Waals surface area (Å²) in [4.78, 5) is 23.2. The number of anilines is 2. The van der Waals surface area contributed by atoms with E-state index in [9.17, 15) is 9.59 Å². The molecule has 7 heteroatoms. The highest BCUT2D eigenvalue weighted by atomic mass is 35.5. The van der Waals surface area contributed by atoms with Crippen LogP contribution in [0.4, 0.5) is 11.4 Å². The summed E-state index contributed by atoms with van der Waals surface area (Å²) < 4.78 is 0. The molecule has 1 atom stereocenters. The second-order valence-corrected chi connectivity index (χ2v) is 6.06. The van der Waals surface area contributed by atoms with Gasteiger partial charge in [-0.2, -0.15) is 5.10 Å². The molecule has 1 unspecified atom stereocenters. The average molecular weight is 333 g/mol. The van der Waals surface area contributed by atoms with Crippen molar-refractivity contribution in [1.82, 2.24) is 10.2 Å². The number of amides is 1. The lowest BCUT2D eigenvalue weighted by Crippen LogP contribution is -2.15. The van der Waals surface area contributed by atoms with Gasteiger partial charge >= 0.3 is 0 Å². The number of nitrogens with one attached hydrogen (secondary N) is 3. The van der Waals surface area contributed by atoms with Gasteiger partial charge in [0.2, 0.25) is 5.91 Å². The fourth-order valence-corrected chi connectivity index (χ4v) is 2.39. The molecule has 0 bridgehead atoms. The molecule has 1 aliphatic rings. The highest BCUT2D eigenvalue weighted by Gasteiger charge is 2.29. The third-order valence-corrected chi connectivity index (χ3v) is 4.17. The van der Waals surface area contributed by atoms with Gasteiger partial charge in [-0.1, -0.05) is 23.7 Å². The number of rotatable bonds is 5. The van der Waals surface area contributed by atoms with Crippen LogP contribution in [0.15, 0.2) is 35.3 Å². The van der Waals surface area contributed by atoms with Crippen LogP contribution in [-0.2, 0) is 4.79 Å². The van der Waals surface area contributed by atoms with Crippen molar-refractivity contribution in [1.29, 1.82) is 0 Å². The van der Waals surface area contributed by atoms with E-state index >= 15 is 0 Å². The number of H-pyrrole nitrogens is 1. The standard InChI is InChI=1S/C16H17ClN4O2/c1-9(19-13-8-18-21-16(23)14(13)17)10-4-6-12(7-5-10)20-15(22)11-2-3-11/h4-9,11H,2-3H2,1H3,(H,20,22)(H2,19,21,23). The largest absolute Gasteiger partial charge is 0.376 e. The zero-order valence-corrected chi connectivity index (χ0v) is 13.4. The Hall–Kier alpha value is -2.34. The maximum Gasteiger partial charge on any atom is 0.285 e. The molecule has 1 heterocycles. The van der Waals surface area contributed by atoms with E-state index in [1.807, 2.05) is 31.2 Å². The molecule has 0 radical (unpaired) electrons. The Morgan fingerprint density at radius 3 is 2.70 bits per heavy atom. The van der Waals surface area contributed by atoms with Gasteiger partial charge in [0, 0.05) is 17.6 Å². The molecule has 0 spiro atoms. The van der Waals surface area contributed by atoms with Gasteiger partial charge in [0.1, 0.15) is 5.02 Å². The Bertz CT molecular complexity index is 768. The van der Waals surface area contributed by atoms with Gasteiger partial charge in [-0.05, 0) is 37.5 Å². The minimum atomic E-state index is -0.429. The minimum Gasteiger partial charge on any atom is -0.376 e. The smallest absolute Gasteiger partial charge is 0.285 e. The maximum absolute atomic E-state index is 11.7. The predicted molar refractivity (Wildman–Crippen MR) is 89.7 cm³/mol. The van der Waals surface area contributed by atoms with Gasteiger partial charge < -0.3 is 10.6 Å². The number of hydrogen-bond donors (Lipinski definition) is 3. The van der Waals surface area contributed by atoms with Crippen LogP contribution < -0.4 is 16.2 Å². The first-order valence-corrected chi connectivity index (χ1v) is 7.83. The van der Waals surface area contributed by atoms with Crippen LogP contribution in [0.25, 0.3) is 0 Å². The van der Waals surface area contributed by atoms with E-state index < -0.39 is 5.56 Å². The summed E-state index contributed by atoms with van der Waals surface area (Å²) in [5.74, 6) is 0.270. The molecule has 3 N–H and O–H groups in total. The molecule has 0 aliphatic heterocycles. The zero-order chi connectivity index (χ0) is 16.4. The van der Waals surface area contributed by atoms with Crippen LogP contribution in [-0.4, -0.2) is 16.1 Å². The normalized spacial score (nSPS) is 15.0. The molecule has 6 nitrogen and oxygen atoms in total. The molecule has 1 aromatic heterocycles. The van der Waals surface area contributed by atoms with Gasteiger partial charge in [0.15, 0.2) is 0 Å². The minimum absolute atomic E-state index is 0.0655. The zero-order valence-electron chi connectivity index (χ0n) is 12.6. The summed E-state index contributed by atoms with van der Waals surface area (Å²) in [6, 6.07) is 7.52. The fraction of sp³-hybridized carbons (Fsp3) is 0.312. The highest BCUT2D eigenvalue weighted by Crippen LogP contribution is 2.30. The summed E-state index contributed by atoms with van der Waals surface area (Å²) >= 11 is 5.95. The second kappa shape index (κ2) is 6.42. The molecule has 23 heavy (non-hydrogen) atoms. The lowest BCUT2D eigenvalue weighted by Gasteiger charge is -2.16. The SMILES string of the molecule is CC(Nc1cn[nH]c(=O)c1Cl)c1ccc(NC(=O)C2CC2)cc1. The molecule has 1 fully saturated rings. The van der Waals surface area contributed by atoms with Crippen molar-refractivity contribution in [2.75, 3.05) is 10.6 Å². The molecule has 1 saturated carbocycles. The third-order valence-electron chi connectivity index (χ3n) is 3.79. The number of hydrogen-bond acceptors (Lipinski definition) is 4. The van der Waals surface area contributed by atoms with Gasteiger partial charge in [0.25, 0.3) is 5.56 Å². The highest BCUT2D eigenvalue weighted by molar-refractivity contribution is 6.32. The van der Waals surface area contributed by atoms with Gasteiger partial charge in [0.05, 0.1) is 11.9 Å². The summed E-state index contributed by atoms with van der Waals surface area (Å²) in [5, 5.41) is 12.1. The first-order valence-electron chi connectivity index (χ1n) is 7.45. The van der Waals surface area contributed by atoms with E-state index in [2.05, 4.69) is 20.8 Å². The van der Waals surface area contributed by atoms with Crippen molar-refractivity contribution in [2.45, 2.75) is 25.8 Å². The van der Waals surface area contributed by atoms with Gasteiger partial charge in [-0.25, -0.2) is 5.10 Å². The molecule has 1 aliphatic carbocycles. The molecule has 0 saturated heterocycles. The van der Waals surface area contributed by atoms with Crippen LogP contribution in [0, 0.1) is 5.92 Å². The lowest BCUT2D eigenvalue weighted by atomic mass is 10.1. The monoisotopic (exact) mass is 332 g/mol. The van der Waals surface area contributed by atoms with Gasteiger partial charge in [-0.15, -0.1) is 0 Å². The number of carbonyl (C=O) groups is 1. The quantitative estimate of drug-likeness (QED) is 0.785. The summed E-state index contributed by atoms with van der Waals surface area (Å²) in [7, 11) is 0. The number of aromatic amines is 1. The molecule has 120 valence electrons. The second-order valence-electron chi connectivity index (χ2n) is 5.68. The number of aromatic nitrogens is 2. The van der Waals surface area contributed by atoms with E-state index in [-0.39, 0.29) is 22.9 Å². The van der Waals surface area contributed by atoms with Crippen molar-refractivity contribution in [3.05, 3.63) is 51.4 Å². The topological polar surface area (TPSA) is 86.9 Å². The van der Waals surface area contributed by atoms with Crippen molar-refractivity contribution in [3.63, 3.8) is 0 Å². The molecule has 3 rings (SSSR count). The number of carbonyl (C=O) groups excluding carboxylic acids is 1. The summed E-state index contributed by atoms with van der Waals surface area (Å²) in [5.41, 5.74) is 1.84. The summed E-state index contributed by atoms with van der Waals surface area (Å²) in [6.07, 6.45) is 3.44. The Balaban J connectivity index is 1.67. The van der Waals surface area contributed by atoms with E-state index in [0.717, 1.165) is 24.1 Å². The van der Waals surface area contributed by atoms with Crippen LogP contribution in [0.2, 0.25) is 5.02 Å². The van der Waals surface area contributed by atoms with Crippen molar-refractivity contribution < 1.29 is 4.79 Å². The Kier molecular flexibility index (Phi) is 4.34. The van der Waals surface area contributed by atoms with Gasteiger partial charge in [-0.3, -0.25) is 9.59 Å². The van der Waals surface area contributed by atoms with Crippen LogP contribution >= 0.6 is 11.6 Å². The Labute approximate surface area is 138 Å². The van der Waals surface area contributed by atoms with Crippen molar-refractivity contribution >= 4 is 28.9 Å². The van der Waals surface area contributed by atoms with E-state index in [1.54, 1.807) is 0 Å². The van der Waals surface area contributed by atoms with E-state index in [0.29, 0.717) is 5.69 Å². The van der Waals surface area contributed by atoms with E-state index in [1.165, 1.54) is 6.20 Å². The van der Waals surface area contributed by atoms with Crippen molar-refractivity contribution in [2.24, 2.45) is 5.92 Å². The van der Waals surface area contributed by atoms with Crippen LogP contribution in [0.3, 0.4) is 0 Å². The molecule has 1 amide bonds. The Morgan fingerprint density at radius 2 is 2.04 bits per heavy atom. The molecular weight excluding hydrogens is 316 g/mol. The Morgan fingerprint density at radius 1 is 1.35 bits per heavy atom. The first kappa shape index (κ1) is 15.6. The number of halogens is 1.